The second kappa shape index (κ2) is 7.79. The van der Waals surface area contributed by atoms with Crippen LogP contribution in [0.5, 0.6) is 0 Å². The van der Waals surface area contributed by atoms with Crippen molar-refractivity contribution in [3.8, 4) is 0 Å². The van der Waals surface area contributed by atoms with Crippen molar-refractivity contribution in [1.29, 1.82) is 0 Å². The average Bonchev–Trinajstić information content (AvgIpc) is 2.75. The minimum Gasteiger partial charge on any atom is -0.379 e. The fourth-order valence-electron chi connectivity index (χ4n) is 3.40. The van der Waals surface area contributed by atoms with Crippen LogP contribution in [0, 0.1) is 0 Å². The molecular weight excluding hydrogens is 366 g/mol. The van der Waals surface area contributed by atoms with Crippen LogP contribution < -0.4 is 9.80 Å². The lowest BCUT2D eigenvalue weighted by molar-refractivity contribution is 0.0730. The SMILES string of the molecule is O=S(=O)(c1ccc(N2CCN(c3ccncc3)CC2)nc1)N1CCOCC1. The lowest BCUT2D eigenvalue weighted by Gasteiger charge is -2.36. The van der Waals surface area contributed by atoms with Gasteiger partial charge in [-0.1, -0.05) is 0 Å². The molecule has 0 spiro atoms. The number of hydrogen-bond donors (Lipinski definition) is 0. The van der Waals surface area contributed by atoms with Gasteiger partial charge in [-0.05, 0) is 24.3 Å². The van der Waals surface area contributed by atoms with Gasteiger partial charge in [0.1, 0.15) is 10.7 Å². The highest BCUT2D eigenvalue weighted by molar-refractivity contribution is 7.89. The molecule has 0 bridgehead atoms. The molecule has 0 amide bonds. The van der Waals surface area contributed by atoms with Crippen LogP contribution in [-0.2, 0) is 14.8 Å². The Morgan fingerprint density at radius 3 is 2.15 bits per heavy atom. The number of sulfonamides is 1. The first-order chi connectivity index (χ1) is 13.1. The van der Waals surface area contributed by atoms with Gasteiger partial charge < -0.3 is 14.5 Å². The summed E-state index contributed by atoms with van der Waals surface area (Å²) in [4.78, 5) is 13.2. The third-order valence-electron chi connectivity index (χ3n) is 4.96. The summed E-state index contributed by atoms with van der Waals surface area (Å²) in [5.74, 6) is 0.810. The molecule has 0 unspecified atom stereocenters. The minimum absolute atomic E-state index is 0.239. The fraction of sp³-hybridized carbons (Fsp3) is 0.444. The molecule has 0 atom stereocenters. The van der Waals surface area contributed by atoms with E-state index in [9.17, 15) is 8.42 Å². The molecule has 27 heavy (non-hydrogen) atoms. The molecule has 4 heterocycles. The molecule has 2 fully saturated rings. The number of rotatable bonds is 4. The van der Waals surface area contributed by atoms with E-state index in [-0.39, 0.29) is 4.90 Å². The molecule has 2 aliphatic rings. The Kier molecular flexibility index (Phi) is 5.24. The molecule has 2 aliphatic heterocycles. The number of morpholine rings is 1. The van der Waals surface area contributed by atoms with Gasteiger partial charge in [-0.2, -0.15) is 4.31 Å². The second-order valence-corrected chi connectivity index (χ2v) is 8.49. The van der Waals surface area contributed by atoms with E-state index < -0.39 is 10.0 Å². The number of aromatic nitrogens is 2. The molecule has 144 valence electrons. The molecule has 2 saturated heterocycles. The van der Waals surface area contributed by atoms with Gasteiger partial charge in [-0.25, -0.2) is 13.4 Å². The maximum atomic E-state index is 12.7. The molecule has 0 N–H and O–H groups in total. The number of hydrogen-bond acceptors (Lipinski definition) is 7. The van der Waals surface area contributed by atoms with Gasteiger partial charge in [0.2, 0.25) is 10.0 Å². The Labute approximate surface area is 159 Å². The Hall–Kier alpha value is -2.23. The van der Waals surface area contributed by atoms with Crippen molar-refractivity contribution in [2.45, 2.75) is 4.90 Å². The maximum Gasteiger partial charge on any atom is 0.244 e. The molecule has 4 rings (SSSR count). The molecule has 8 nitrogen and oxygen atoms in total. The first-order valence-corrected chi connectivity index (χ1v) is 10.5. The summed E-state index contributed by atoms with van der Waals surface area (Å²) in [5, 5.41) is 0. The largest absolute Gasteiger partial charge is 0.379 e. The van der Waals surface area contributed by atoms with E-state index in [4.69, 9.17) is 4.74 Å². The minimum atomic E-state index is -3.50. The number of pyridine rings is 2. The van der Waals surface area contributed by atoms with E-state index in [1.165, 1.54) is 16.2 Å². The van der Waals surface area contributed by atoms with Gasteiger partial charge in [0.25, 0.3) is 0 Å². The van der Waals surface area contributed by atoms with Crippen molar-refractivity contribution in [1.82, 2.24) is 14.3 Å². The van der Waals surface area contributed by atoms with Crippen molar-refractivity contribution in [2.24, 2.45) is 0 Å². The van der Waals surface area contributed by atoms with Crippen LogP contribution in [0.15, 0.2) is 47.8 Å². The predicted octanol–water partition coefficient (Wildman–Crippen LogP) is 0.824. The van der Waals surface area contributed by atoms with E-state index >= 15 is 0 Å². The van der Waals surface area contributed by atoms with Gasteiger partial charge in [0, 0.05) is 63.5 Å². The molecule has 2 aromatic rings. The van der Waals surface area contributed by atoms with Crippen LogP contribution in [0.1, 0.15) is 0 Å². The Balaban J connectivity index is 1.41. The van der Waals surface area contributed by atoms with Crippen molar-refractivity contribution < 1.29 is 13.2 Å². The number of anilines is 2. The third-order valence-corrected chi connectivity index (χ3v) is 6.84. The van der Waals surface area contributed by atoms with Crippen LogP contribution in [0.2, 0.25) is 0 Å². The fourth-order valence-corrected chi connectivity index (χ4v) is 4.75. The zero-order valence-corrected chi connectivity index (χ0v) is 15.9. The van der Waals surface area contributed by atoms with Gasteiger partial charge in [-0.3, -0.25) is 4.98 Å². The number of piperazine rings is 1. The number of ether oxygens (including phenoxy) is 1. The van der Waals surface area contributed by atoms with E-state index in [2.05, 4.69) is 19.8 Å². The van der Waals surface area contributed by atoms with Gasteiger partial charge >= 0.3 is 0 Å². The van der Waals surface area contributed by atoms with E-state index in [0.29, 0.717) is 26.3 Å². The maximum absolute atomic E-state index is 12.7. The van der Waals surface area contributed by atoms with Crippen LogP contribution in [0.3, 0.4) is 0 Å². The highest BCUT2D eigenvalue weighted by Crippen LogP contribution is 2.21. The summed E-state index contributed by atoms with van der Waals surface area (Å²) in [6, 6.07) is 7.48. The van der Waals surface area contributed by atoms with Gasteiger partial charge in [-0.15, -0.1) is 0 Å². The van der Waals surface area contributed by atoms with Crippen LogP contribution in [0.4, 0.5) is 11.5 Å². The Morgan fingerprint density at radius 1 is 0.852 bits per heavy atom. The molecule has 9 heteroatoms. The van der Waals surface area contributed by atoms with Crippen molar-refractivity contribution in [3.63, 3.8) is 0 Å². The molecule has 0 aromatic carbocycles. The molecule has 0 saturated carbocycles. The molecule has 0 aliphatic carbocycles. The van der Waals surface area contributed by atoms with Gasteiger partial charge in [0.05, 0.1) is 13.2 Å². The van der Waals surface area contributed by atoms with Gasteiger partial charge in [0.15, 0.2) is 0 Å². The highest BCUT2D eigenvalue weighted by atomic mass is 32.2. The van der Waals surface area contributed by atoms with Crippen molar-refractivity contribution >= 4 is 21.5 Å². The predicted molar refractivity (Wildman–Crippen MR) is 102 cm³/mol. The zero-order chi connectivity index (χ0) is 18.7. The standard InChI is InChI=1S/C18H23N5O3S/c24-27(25,23-11-13-26-14-12-23)17-1-2-18(20-15-17)22-9-7-21(8-10-22)16-3-5-19-6-4-16/h1-6,15H,7-14H2. The van der Waals surface area contributed by atoms with E-state index in [1.807, 2.05) is 12.1 Å². The van der Waals surface area contributed by atoms with Crippen LogP contribution in [-0.4, -0.2) is 75.2 Å². The van der Waals surface area contributed by atoms with E-state index in [0.717, 1.165) is 32.0 Å². The lowest BCUT2D eigenvalue weighted by atomic mass is 10.2. The monoisotopic (exact) mass is 389 g/mol. The average molecular weight is 389 g/mol. The third kappa shape index (κ3) is 3.90. The molecule has 2 aromatic heterocycles. The lowest BCUT2D eigenvalue weighted by Crippen LogP contribution is -2.46. The number of nitrogens with zero attached hydrogens (tertiary/aromatic N) is 5. The summed E-state index contributed by atoms with van der Waals surface area (Å²) in [6.45, 7) is 5.11. The normalized spacial score (nSPS) is 19.3. The van der Waals surface area contributed by atoms with Crippen LogP contribution >= 0.6 is 0 Å². The summed E-state index contributed by atoms with van der Waals surface area (Å²) >= 11 is 0. The quantitative estimate of drug-likeness (QED) is 0.766. The highest BCUT2D eigenvalue weighted by Gasteiger charge is 2.27. The van der Waals surface area contributed by atoms with Crippen molar-refractivity contribution in [2.75, 3.05) is 62.3 Å². The smallest absolute Gasteiger partial charge is 0.244 e. The Bertz CT molecular complexity index is 846. The first kappa shape index (κ1) is 18.1. The molecular formula is C18H23N5O3S. The Morgan fingerprint density at radius 2 is 1.52 bits per heavy atom. The topological polar surface area (TPSA) is 78.9 Å². The summed E-state index contributed by atoms with van der Waals surface area (Å²) in [6.07, 6.45) is 5.07. The van der Waals surface area contributed by atoms with Crippen LogP contribution in [0.25, 0.3) is 0 Å². The first-order valence-electron chi connectivity index (χ1n) is 9.08. The molecule has 0 radical (unpaired) electrons. The van der Waals surface area contributed by atoms with E-state index in [1.54, 1.807) is 24.5 Å². The second-order valence-electron chi connectivity index (χ2n) is 6.55. The summed E-state index contributed by atoms with van der Waals surface area (Å²) in [5.41, 5.74) is 1.17. The van der Waals surface area contributed by atoms with Crippen molar-refractivity contribution in [3.05, 3.63) is 42.9 Å². The summed E-state index contributed by atoms with van der Waals surface area (Å²) < 4.78 is 32.1. The zero-order valence-electron chi connectivity index (χ0n) is 15.1. The summed E-state index contributed by atoms with van der Waals surface area (Å²) in [7, 11) is -3.50.